The van der Waals surface area contributed by atoms with Crippen LogP contribution < -0.4 is 5.84 Å². The molecule has 2 N–H and O–H groups in total. The Bertz CT molecular complexity index is 967. The van der Waals surface area contributed by atoms with E-state index >= 15 is 0 Å². The van der Waals surface area contributed by atoms with E-state index in [2.05, 4.69) is 17.9 Å². The Hall–Kier alpha value is -2.79. The van der Waals surface area contributed by atoms with Crippen molar-refractivity contribution in [3.63, 3.8) is 0 Å². The molecule has 0 fully saturated rings. The van der Waals surface area contributed by atoms with Gasteiger partial charge in [0.05, 0.1) is 11.8 Å². The van der Waals surface area contributed by atoms with Crippen molar-refractivity contribution in [2.45, 2.75) is 19.8 Å². The maximum atomic E-state index is 12.6. The van der Waals surface area contributed by atoms with E-state index in [1.807, 2.05) is 18.3 Å². The third-order valence-electron chi connectivity index (χ3n) is 5.02. The van der Waals surface area contributed by atoms with Crippen LogP contribution in [0.2, 0.25) is 0 Å². The minimum Gasteiger partial charge on any atom is -0.461 e. The molecule has 0 bridgehead atoms. The van der Waals surface area contributed by atoms with E-state index < -0.39 is 0 Å². The molecule has 3 heterocycles. The van der Waals surface area contributed by atoms with E-state index in [-0.39, 0.29) is 5.78 Å². The average molecular weight is 349 g/mol. The summed E-state index contributed by atoms with van der Waals surface area (Å²) in [6.45, 7) is 5.36. The number of carbonyl (C=O) groups is 1. The van der Waals surface area contributed by atoms with Gasteiger partial charge in [-0.2, -0.15) is 0 Å². The largest absolute Gasteiger partial charge is 0.461 e. The molecule has 0 saturated heterocycles. The Morgan fingerprint density at radius 3 is 2.88 bits per heavy atom. The highest BCUT2D eigenvalue weighted by Gasteiger charge is 2.19. The number of nitrogen functional groups attached to an aromatic ring is 1. The van der Waals surface area contributed by atoms with Crippen molar-refractivity contribution < 1.29 is 9.21 Å². The van der Waals surface area contributed by atoms with Gasteiger partial charge in [-0.15, -0.1) is 0 Å². The summed E-state index contributed by atoms with van der Waals surface area (Å²) in [4.78, 5) is 15.1. The van der Waals surface area contributed by atoms with Gasteiger partial charge in [-0.05, 0) is 55.3 Å². The minimum atomic E-state index is -0.112. The van der Waals surface area contributed by atoms with Crippen molar-refractivity contribution in [3.8, 4) is 0 Å². The molecule has 0 amide bonds. The van der Waals surface area contributed by atoms with Crippen molar-refractivity contribution in [1.82, 2.24) is 9.58 Å². The number of hydrogen-bond donors (Lipinski definition) is 1. The molecule has 0 unspecified atom stereocenters. The first kappa shape index (κ1) is 16.7. The molecule has 0 radical (unpaired) electrons. The van der Waals surface area contributed by atoms with Crippen LogP contribution in [0.25, 0.3) is 16.5 Å². The van der Waals surface area contributed by atoms with Crippen LogP contribution in [0.4, 0.5) is 0 Å². The molecule has 5 nitrogen and oxygen atoms in total. The van der Waals surface area contributed by atoms with Gasteiger partial charge in [0.1, 0.15) is 0 Å². The lowest BCUT2D eigenvalue weighted by atomic mass is 9.97. The number of fused-ring (bicyclic) bond motifs is 1. The first-order chi connectivity index (χ1) is 12.7. The zero-order valence-corrected chi connectivity index (χ0v) is 14.9. The van der Waals surface area contributed by atoms with E-state index in [1.54, 1.807) is 22.9 Å². The number of rotatable bonds is 5. The monoisotopic (exact) mass is 349 g/mol. The number of carbonyl (C=O) groups excluding carboxylic acids is 1. The van der Waals surface area contributed by atoms with Crippen LogP contribution in [0, 0.1) is 0 Å². The van der Waals surface area contributed by atoms with Crippen LogP contribution in [-0.4, -0.2) is 35.0 Å². The first-order valence-electron chi connectivity index (χ1n) is 9.07. The Kier molecular flexibility index (Phi) is 4.39. The second-order valence-corrected chi connectivity index (χ2v) is 6.77. The summed E-state index contributed by atoms with van der Waals surface area (Å²) in [7, 11) is 0. The number of nitrogens with two attached hydrogens (primary N) is 1. The third kappa shape index (κ3) is 2.95. The zero-order chi connectivity index (χ0) is 18.1. The Labute approximate surface area is 152 Å². The van der Waals surface area contributed by atoms with Gasteiger partial charge in [0, 0.05) is 35.8 Å². The fourth-order valence-corrected chi connectivity index (χ4v) is 3.68. The molecule has 1 aromatic carbocycles. The van der Waals surface area contributed by atoms with Crippen molar-refractivity contribution in [3.05, 3.63) is 65.8 Å². The predicted molar refractivity (Wildman–Crippen MR) is 104 cm³/mol. The van der Waals surface area contributed by atoms with Crippen molar-refractivity contribution in [2.75, 3.05) is 25.5 Å². The molecular formula is C21H23N3O2. The molecule has 134 valence electrons. The predicted octanol–water partition coefficient (Wildman–Crippen LogP) is 3.68. The summed E-state index contributed by atoms with van der Waals surface area (Å²) in [5.74, 6) is 6.40. The molecule has 2 aromatic heterocycles. The standard InChI is InChI=1S/C21H23N3O2/c1-2-9-23-10-7-15(8-11-23)18-14-24(22)19-6-5-16(13-17(18)19)21(25)20-4-3-12-26-20/h3-7,12-14H,2,8-11,22H2,1H3. The highest BCUT2D eigenvalue weighted by Crippen LogP contribution is 2.31. The summed E-state index contributed by atoms with van der Waals surface area (Å²) in [5, 5.41) is 1.01. The Balaban J connectivity index is 1.72. The summed E-state index contributed by atoms with van der Waals surface area (Å²) in [6, 6.07) is 9.05. The topological polar surface area (TPSA) is 64.4 Å². The van der Waals surface area contributed by atoms with Gasteiger partial charge in [0.15, 0.2) is 5.76 Å². The summed E-state index contributed by atoms with van der Waals surface area (Å²) < 4.78 is 6.90. The van der Waals surface area contributed by atoms with E-state index in [4.69, 9.17) is 10.3 Å². The maximum absolute atomic E-state index is 12.6. The van der Waals surface area contributed by atoms with E-state index in [1.165, 1.54) is 18.3 Å². The molecule has 0 aliphatic carbocycles. The van der Waals surface area contributed by atoms with E-state index in [9.17, 15) is 4.79 Å². The average Bonchev–Trinajstić information content (AvgIpc) is 3.30. The second-order valence-electron chi connectivity index (χ2n) is 6.77. The molecule has 1 aliphatic rings. The lowest BCUT2D eigenvalue weighted by Crippen LogP contribution is -2.29. The van der Waals surface area contributed by atoms with Gasteiger partial charge < -0.3 is 10.3 Å². The van der Waals surface area contributed by atoms with E-state index in [0.29, 0.717) is 11.3 Å². The van der Waals surface area contributed by atoms with Gasteiger partial charge in [-0.3, -0.25) is 14.4 Å². The van der Waals surface area contributed by atoms with Crippen LogP contribution in [-0.2, 0) is 0 Å². The first-order valence-corrected chi connectivity index (χ1v) is 9.07. The fourth-order valence-electron chi connectivity index (χ4n) is 3.68. The third-order valence-corrected chi connectivity index (χ3v) is 5.02. The van der Waals surface area contributed by atoms with Gasteiger partial charge in [-0.1, -0.05) is 13.0 Å². The van der Waals surface area contributed by atoms with Gasteiger partial charge in [0.25, 0.3) is 0 Å². The van der Waals surface area contributed by atoms with Gasteiger partial charge >= 0.3 is 0 Å². The van der Waals surface area contributed by atoms with Crippen LogP contribution in [0.15, 0.2) is 53.3 Å². The second kappa shape index (κ2) is 6.84. The number of ketones is 1. The van der Waals surface area contributed by atoms with E-state index in [0.717, 1.165) is 42.5 Å². The molecule has 26 heavy (non-hydrogen) atoms. The molecule has 5 heteroatoms. The smallest absolute Gasteiger partial charge is 0.228 e. The molecule has 1 aliphatic heterocycles. The molecule has 0 atom stereocenters. The minimum absolute atomic E-state index is 0.112. The molecule has 0 saturated carbocycles. The number of furan rings is 1. The maximum Gasteiger partial charge on any atom is 0.228 e. The van der Waals surface area contributed by atoms with Crippen molar-refractivity contribution in [2.24, 2.45) is 0 Å². The summed E-state index contributed by atoms with van der Waals surface area (Å²) in [5.41, 5.74) is 3.96. The fraction of sp³-hybridized carbons (Fsp3) is 0.286. The number of benzene rings is 1. The normalized spacial score (nSPS) is 15.3. The summed E-state index contributed by atoms with van der Waals surface area (Å²) in [6.07, 6.45) is 7.93. The van der Waals surface area contributed by atoms with Crippen LogP contribution >= 0.6 is 0 Å². The van der Waals surface area contributed by atoms with Crippen molar-refractivity contribution in [1.29, 1.82) is 0 Å². The lowest BCUT2D eigenvalue weighted by Gasteiger charge is -2.25. The summed E-state index contributed by atoms with van der Waals surface area (Å²) >= 11 is 0. The Morgan fingerprint density at radius 1 is 1.31 bits per heavy atom. The Morgan fingerprint density at radius 2 is 2.19 bits per heavy atom. The highest BCUT2D eigenvalue weighted by atomic mass is 16.3. The molecule has 3 aromatic rings. The SMILES string of the molecule is CCCN1CC=C(c2cn(N)c3ccc(C(=O)c4ccco4)cc23)CC1. The van der Waals surface area contributed by atoms with Crippen LogP contribution in [0.1, 0.15) is 41.4 Å². The molecular weight excluding hydrogens is 326 g/mol. The van der Waals surface area contributed by atoms with Crippen LogP contribution in [0.3, 0.4) is 0 Å². The number of nitrogens with zero attached hydrogens (tertiary/aromatic N) is 2. The van der Waals surface area contributed by atoms with Gasteiger partial charge in [0.2, 0.25) is 5.78 Å². The molecule has 4 rings (SSSR count). The van der Waals surface area contributed by atoms with Crippen molar-refractivity contribution >= 4 is 22.3 Å². The van der Waals surface area contributed by atoms with Gasteiger partial charge in [-0.25, -0.2) is 0 Å². The molecule has 0 spiro atoms. The highest BCUT2D eigenvalue weighted by molar-refractivity contribution is 6.09. The zero-order valence-electron chi connectivity index (χ0n) is 14.9. The lowest BCUT2D eigenvalue weighted by molar-refractivity contribution is 0.101. The number of aromatic nitrogens is 1. The van der Waals surface area contributed by atoms with Crippen LogP contribution in [0.5, 0.6) is 0 Å². The quantitative estimate of drug-likeness (QED) is 0.564. The number of hydrogen-bond acceptors (Lipinski definition) is 4.